The van der Waals surface area contributed by atoms with Crippen molar-refractivity contribution in [1.82, 2.24) is 9.80 Å². The molecule has 0 saturated carbocycles. The number of carbonyl (C=O) groups is 1. The minimum atomic E-state index is -0.157. The second-order valence-electron chi connectivity index (χ2n) is 6.22. The van der Waals surface area contributed by atoms with Gasteiger partial charge in [-0.15, -0.1) is 0 Å². The van der Waals surface area contributed by atoms with Crippen LogP contribution in [-0.2, 0) is 11.2 Å². The number of amides is 1. The van der Waals surface area contributed by atoms with E-state index < -0.39 is 0 Å². The lowest BCUT2D eigenvalue weighted by Crippen LogP contribution is -2.48. The predicted molar refractivity (Wildman–Crippen MR) is 82.6 cm³/mol. The number of nitrogens with zero attached hydrogens (tertiary/aromatic N) is 2. The van der Waals surface area contributed by atoms with Gasteiger partial charge in [0, 0.05) is 14.1 Å². The molecule has 1 heterocycles. The van der Waals surface area contributed by atoms with E-state index in [4.69, 9.17) is 0 Å². The number of hydrogen-bond acceptors (Lipinski definition) is 2. The highest BCUT2D eigenvalue weighted by molar-refractivity contribution is 5.80. The van der Waals surface area contributed by atoms with Crippen LogP contribution in [0.5, 0.6) is 0 Å². The van der Waals surface area contributed by atoms with Gasteiger partial charge in [0.15, 0.2) is 0 Å². The van der Waals surface area contributed by atoms with E-state index >= 15 is 0 Å². The first-order valence-electron chi connectivity index (χ1n) is 7.67. The molecule has 1 atom stereocenters. The van der Waals surface area contributed by atoms with Gasteiger partial charge in [0.25, 0.3) is 0 Å². The molecule has 1 aliphatic heterocycles. The molecule has 1 saturated heterocycles. The number of piperidine rings is 1. The molecule has 1 fully saturated rings. The maximum Gasteiger partial charge on any atom is 0.239 e. The van der Waals surface area contributed by atoms with Crippen molar-refractivity contribution < 1.29 is 9.18 Å². The number of carbonyl (C=O) groups excluding carboxylic acids is 1. The summed E-state index contributed by atoms with van der Waals surface area (Å²) in [4.78, 5) is 15.9. The summed E-state index contributed by atoms with van der Waals surface area (Å²) < 4.78 is 13.2. The van der Waals surface area contributed by atoms with Crippen LogP contribution in [-0.4, -0.2) is 48.9 Å². The first kappa shape index (κ1) is 16.0. The summed E-state index contributed by atoms with van der Waals surface area (Å²) >= 11 is 0. The Morgan fingerprint density at radius 1 is 1.38 bits per heavy atom. The molecule has 0 aromatic heterocycles. The SMILES string of the molecule is CC(C(=O)N(C)C)N1CCC(Cc2cccc(F)c2)CC1. The lowest BCUT2D eigenvalue weighted by molar-refractivity contribution is -0.134. The molecule has 0 bridgehead atoms. The van der Waals surface area contributed by atoms with Gasteiger partial charge in [-0.2, -0.15) is 0 Å². The first-order valence-corrected chi connectivity index (χ1v) is 7.67. The van der Waals surface area contributed by atoms with E-state index in [2.05, 4.69) is 4.90 Å². The number of halogens is 1. The zero-order valence-corrected chi connectivity index (χ0v) is 13.2. The van der Waals surface area contributed by atoms with Gasteiger partial charge in [-0.25, -0.2) is 4.39 Å². The Hall–Kier alpha value is -1.42. The molecule has 1 amide bonds. The Morgan fingerprint density at radius 2 is 2.05 bits per heavy atom. The predicted octanol–water partition coefficient (Wildman–Crippen LogP) is 2.56. The molecule has 0 spiro atoms. The molecule has 1 aromatic carbocycles. The van der Waals surface area contributed by atoms with Crippen molar-refractivity contribution in [3.8, 4) is 0 Å². The Labute approximate surface area is 126 Å². The summed E-state index contributed by atoms with van der Waals surface area (Å²) in [6.45, 7) is 3.87. The van der Waals surface area contributed by atoms with Gasteiger partial charge < -0.3 is 4.90 Å². The fraction of sp³-hybridized carbons (Fsp3) is 0.588. The third kappa shape index (κ3) is 4.27. The second-order valence-corrected chi connectivity index (χ2v) is 6.22. The average molecular weight is 292 g/mol. The van der Waals surface area contributed by atoms with Crippen LogP contribution in [0.25, 0.3) is 0 Å². The van der Waals surface area contributed by atoms with Crippen molar-refractivity contribution in [3.63, 3.8) is 0 Å². The van der Waals surface area contributed by atoms with E-state index in [1.54, 1.807) is 31.1 Å². The normalized spacial score (nSPS) is 18.5. The number of benzene rings is 1. The number of hydrogen-bond donors (Lipinski definition) is 0. The van der Waals surface area contributed by atoms with Crippen molar-refractivity contribution in [1.29, 1.82) is 0 Å². The summed E-state index contributed by atoms with van der Waals surface area (Å²) in [5.41, 5.74) is 1.07. The highest BCUT2D eigenvalue weighted by Crippen LogP contribution is 2.23. The van der Waals surface area contributed by atoms with E-state index in [-0.39, 0.29) is 17.8 Å². The Balaban J connectivity index is 1.84. The van der Waals surface area contributed by atoms with E-state index in [0.29, 0.717) is 5.92 Å². The topological polar surface area (TPSA) is 23.6 Å². The molecule has 0 radical (unpaired) electrons. The molecule has 0 N–H and O–H groups in total. The quantitative estimate of drug-likeness (QED) is 0.851. The standard InChI is InChI=1S/C17H25FN2O/c1-13(17(21)19(2)3)20-9-7-14(8-10-20)11-15-5-4-6-16(18)12-15/h4-6,12-14H,7-11H2,1-3H3. The highest BCUT2D eigenvalue weighted by atomic mass is 19.1. The van der Waals surface area contributed by atoms with Crippen LogP contribution in [0, 0.1) is 11.7 Å². The van der Waals surface area contributed by atoms with Gasteiger partial charge in [-0.1, -0.05) is 12.1 Å². The van der Waals surface area contributed by atoms with Gasteiger partial charge in [0.2, 0.25) is 5.91 Å². The Kier molecular flexibility index (Phi) is 5.34. The second kappa shape index (κ2) is 7.03. The lowest BCUT2D eigenvalue weighted by Gasteiger charge is -2.36. The fourth-order valence-corrected chi connectivity index (χ4v) is 3.07. The number of rotatable bonds is 4. The zero-order chi connectivity index (χ0) is 15.4. The summed E-state index contributed by atoms with van der Waals surface area (Å²) in [7, 11) is 3.60. The minimum Gasteiger partial charge on any atom is -0.347 e. The minimum absolute atomic E-state index is 0.0462. The summed E-state index contributed by atoms with van der Waals surface area (Å²) in [6, 6.07) is 6.84. The van der Waals surface area contributed by atoms with E-state index in [1.807, 2.05) is 13.0 Å². The van der Waals surface area contributed by atoms with Crippen LogP contribution in [0.3, 0.4) is 0 Å². The van der Waals surface area contributed by atoms with Crippen LogP contribution >= 0.6 is 0 Å². The van der Waals surface area contributed by atoms with Crippen molar-refractivity contribution in [2.45, 2.75) is 32.2 Å². The molecular weight excluding hydrogens is 267 g/mol. The maximum atomic E-state index is 13.2. The molecule has 2 rings (SSSR count). The van der Waals surface area contributed by atoms with Crippen LogP contribution in [0.1, 0.15) is 25.3 Å². The van der Waals surface area contributed by atoms with E-state index in [1.165, 1.54) is 6.07 Å². The maximum absolute atomic E-state index is 13.2. The van der Waals surface area contributed by atoms with Crippen molar-refractivity contribution >= 4 is 5.91 Å². The van der Waals surface area contributed by atoms with Gasteiger partial charge in [-0.3, -0.25) is 9.69 Å². The molecule has 3 nitrogen and oxygen atoms in total. The van der Waals surface area contributed by atoms with Crippen LogP contribution in [0.4, 0.5) is 4.39 Å². The third-order valence-electron chi connectivity index (χ3n) is 4.41. The van der Waals surface area contributed by atoms with Gasteiger partial charge in [0.1, 0.15) is 5.82 Å². The van der Waals surface area contributed by atoms with Crippen molar-refractivity contribution in [3.05, 3.63) is 35.6 Å². The van der Waals surface area contributed by atoms with Crippen LogP contribution in [0.15, 0.2) is 24.3 Å². The smallest absolute Gasteiger partial charge is 0.239 e. The van der Waals surface area contributed by atoms with Crippen molar-refractivity contribution in [2.24, 2.45) is 5.92 Å². The van der Waals surface area contributed by atoms with Crippen LogP contribution < -0.4 is 0 Å². The van der Waals surface area contributed by atoms with Gasteiger partial charge in [-0.05, 0) is 62.9 Å². The molecular formula is C17H25FN2O. The molecule has 4 heteroatoms. The molecule has 0 aliphatic carbocycles. The zero-order valence-electron chi connectivity index (χ0n) is 13.2. The van der Waals surface area contributed by atoms with E-state index in [0.717, 1.165) is 37.9 Å². The van der Waals surface area contributed by atoms with Gasteiger partial charge in [0.05, 0.1) is 6.04 Å². The summed E-state index contributed by atoms with van der Waals surface area (Å²) in [6.07, 6.45) is 3.07. The highest BCUT2D eigenvalue weighted by Gasteiger charge is 2.27. The lowest BCUT2D eigenvalue weighted by atomic mass is 9.89. The molecule has 21 heavy (non-hydrogen) atoms. The Morgan fingerprint density at radius 3 is 2.62 bits per heavy atom. The van der Waals surface area contributed by atoms with Crippen molar-refractivity contribution in [2.75, 3.05) is 27.2 Å². The summed E-state index contributed by atoms with van der Waals surface area (Å²) in [5.74, 6) is 0.596. The fourth-order valence-electron chi connectivity index (χ4n) is 3.07. The largest absolute Gasteiger partial charge is 0.347 e. The number of likely N-dealkylation sites (tertiary alicyclic amines) is 1. The monoisotopic (exact) mass is 292 g/mol. The van der Waals surface area contributed by atoms with Gasteiger partial charge >= 0.3 is 0 Å². The summed E-state index contributed by atoms with van der Waals surface area (Å²) in [5, 5.41) is 0. The third-order valence-corrected chi connectivity index (χ3v) is 4.41. The molecule has 1 aliphatic rings. The molecule has 1 aromatic rings. The Bertz CT molecular complexity index is 481. The molecule has 116 valence electrons. The first-order chi connectivity index (χ1) is 9.97. The van der Waals surface area contributed by atoms with E-state index in [9.17, 15) is 9.18 Å². The van der Waals surface area contributed by atoms with Crippen LogP contribution in [0.2, 0.25) is 0 Å². The average Bonchev–Trinajstić information content (AvgIpc) is 2.46. The molecule has 1 unspecified atom stereocenters. The number of likely N-dealkylation sites (N-methyl/N-ethyl adjacent to an activating group) is 1.